The summed E-state index contributed by atoms with van der Waals surface area (Å²) in [4.78, 5) is 20.0. The maximum atomic E-state index is 11.8. The number of hydrogen-bond donors (Lipinski definition) is 0. The van der Waals surface area contributed by atoms with Crippen molar-refractivity contribution in [2.24, 2.45) is 0 Å². The number of carbonyl (C=O) groups excluding carboxylic acids is 1. The molecule has 1 atom stereocenters. The molecule has 1 saturated heterocycles. The van der Waals surface area contributed by atoms with Crippen molar-refractivity contribution >= 4 is 11.6 Å². The number of pyridine rings is 1. The summed E-state index contributed by atoms with van der Waals surface area (Å²) in [6.07, 6.45) is 1.65. The van der Waals surface area contributed by atoms with Crippen LogP contribution in [-0.4, -0.2) is 63.3 Å². The zero-order valence-electron chi connectivity index (χ0n) is 12.2. The van der Waals surface area contributed by atoms with E-state index in [0.29, 0.717) is 19.7 Å². The summed E-state index contributed by atoms with van der Waals surface area (Å²) in [5, 5.41) is 0. The molecule has 0 unspecified atom stereocenters. The molecule has 0 aromatic carbocycles. The van der Waals surface area contributed by atoms with Gasteiger partial charge in [0, 0.05) is 27.7 Å². The lowest BCUT2D eigenvalue weighted by Gasteiger charge is -2.32. The summed E-state index contributed by atoms with van der Waals surface area (Å²) in [5.74, 6) is -0.00860. The third-order valence-electron chi connectivity index (χ3n) is 3.30. The average Bonchev–Trinajstić information content (AvgIpc) is 2.48. The smallest absolute Gasteiger partial charge is 0.248 e. The Bertz CT molecular complexity index is 447. The number of ether oxygens (including phenoxy) is 2. The van der Waals surface area contributed by atoms with E-state index < -0.39 is 0 Å². The summed E-state index contributed by atoms with van der Waals surface area (Å²) in [6, 6.07) is 3.95. The van der Waals surface area contributed by atoms with Crippen molar-refractivity contribution in [3.05, 3.63) is 24.0 Å². The fourth-order valence-electron chi connectivity index (χ4n) is 2.12. The van der Waals surface area contributed by atoms with Crippen LogP contribution in [0.25, 0.3) is 0 Å². The lowest BCUT2D eigenvalue weighted by Crippen LogP contribution is -2.43. The Morgan fingerprint density at radius 2 is 2.35 bits per heavy atom. The van der Waals surface area contributed by atoms with Crippen molar-refractivity contribution in [3.8, 4) is 0 Å². The molecule has 6 heteroatoms. The molecular weight excluding hydrogens is 258 g/mol. The molecule has 2 rings (SSSR count). The van der Waals surface area contributed by atoms with E-state index in [1.54, 1.807) is 4.90 Å². The molecule has 0 aliphatic carbocycles. The Morgan fingerprint density at radius 1 is 1.55 bits per heavy atom. The van der Waals surface area contributed by atoms with E-state index in [2.05, 4.69) is 4.98 Å². The topological polar surface area (TPSA) is 54.9 Å². The Balaban J connectivity index is 2.03. The van der Waals surface area contributed by atoms with Crippen LogP contribution in [0.2, 0.25) is 0 Å². The van der Waals surface area contributed by atoms with Crippen LogP contribution in [-0.2, 0) is 14.3 Å². The van der Waals surface area contributed by atoms with Gasteiger partial charge in [-0.05, 0) is 12.1 Å². The number of anilines is 1. The van der Waals surface area contributed by atoms with Crippen molar-refractivity contribution in [1.29, 1.82) is 0 Å². The number of nitrogens with zero attached hydrogens (tertiary/aromatic N) is 3. The Labute approximate surface area is 119 Å². The maximum Gasteiger partial charge on any atom is 0.248 e. The predicted octanol–water partition coefficient (Wildman–Crippen LogP) is 0.694. The number of amides is 1. The molecule has 0 bridgehead atoms. The van der Waals surface area contributed by atoms with E-state index in [-0.39, 0.29) is 18.6 Å². The van der Waals surface area contributed by atoms with Crippen LogP contribution in [0, 0.1) is 0 Å². The first-order chi connectivity index (χ1) is 9.61. The highest BCUT2D eigenvalue weighted by Crippen LogP contribution is 2.22. The molecule has 110 valence electrons. The van der Waals surface area contributed by atoms with E-state index in [4.69, 9.17) is 9.47 Å². The second kappa shape index (κ2) is 6.67. The van der Waals surface area contributed by atoms with Gasteiger partial charge in [-0.2, -0.15) is 0 Å². The third kappa shape index (κ3) is 3.46. The molecule has 20 heavy (non-hydrogen) atoms. The summed E-state index contributed by atoms with van der Waals surface area (Å²) in [6.45, 7) is 1.77. The van der Waals surface area contributed by atoms with Crippen LogP contribution < -0.4 is 4.90 Å². The minimum Gasteiger partial charge on any atom is -0.376 e. The van der Waals surface area contributed by atoms with Crippen molar-refractivity contribution in [2.45, 2.75) is 6.10 Å². The zero-order valence-corrected chi connectivity index (χ0v) is 12.2. The highest BCUT2D eigenvalue weighted by Gasteiger charge is 2.26. The summed E-state index contributed by atoms with van der Waals surface area (Å²) >= 11 is 0. The number of rotatable bonds is 4. The lowest BCUT2D eigenvalue weighted by atomic mass is 10.2. The Morgan fingerprint density at radius 3 is 2.95 bits per heavy atom. The number of carbonyl (C=O) groups is 1. The molecule has 1 aliphatic heterocycles. The molecule has 0 spiro atoms. The number of hydrogen-bond acceptors (Lipinski definition) is 5. The first kappa shape index (κ1) is 14.7. The molecular formula is C14H21N3O3. The minimum absolute atomic E-state index is 0.00860. The van der Waals surface area contributed by atoms with Crippen LogP contribution in [0.3, 0.4) is 0 Å². The van der Waals surface area contributed by atoms with Gasteiger partial charge >= 0.3 is 0 Å². The Hall–Kier alpha value is -1.66. The number of methoxy groups -OCH3 is 1. The van der Waals surface area contributed by atoms with Gasteiger partial charge < -0.3 is 19.3 Å². The van der Waals surface area contributed by atoms with Crippen LogP contribution in [0.4, 0.5) is 5.69 Å². The van der Waals surface area contributed by atoms with Gasteiger partial charge in [0.15, 0.2) is 0 Å². The standard InChI is InChI=1S/C14H21N3O3/c1-16(2)11-4-5-12(15-8-11)13-9-17(6-7-20-13)14(18)10-19-3/h4-5,8,13H,6-7,9-10H2,1-3H3/t13-/m1/s1. The van der Waals surface area contributed by atoms with Gasteiger partial charge in [-0.15, -0.1) is 0 Å². The summed E-state index contributed by atoms with van der Waals surface area (Å²) in [5.41, 5.74) is 1.89. The molecule has 0 radical (unpaired) electrons. The van der Waals surface area contributed by atoms with E-state index in [0.717, 1.165) is 11.4 Å². The van der Waals surface area contributed by atoms with Crippen molar-refractivity contribution in [2.75, 3.05) is 52.4 Å². The molecule has 2 heterocycles. The highest BCUT2D eigenvalue weighted by molar-refractivity contribution is 5.77. The molecule has 0 saturated carbocycles. The van der Waals surface area contributed by atoms with E-state index in [1.165, 1.54) is 7.11 Å². The maximum absolute atomic E-state index is 11.8. The lowest BCUT2D eigenvalue weighted by molar-refractivity contribution is -0.143. The van der Waals surface area contributed by atoms with Gasteiger partial charge in [0.05, 0.1) is 30.7 Å². The second-order valence-electron chi connectivity index (χ2n) is 4.97. The molecule has 6 nitrogen and oxygen atoms in total. The van der Waals surface area contributed by atoms with Gasteiger partial charge in [0.2, 0.25) is 5.91 Å². The predicted molar refractivity (Wildman–Crippen MR) is 75.7 cm³/mol. The summed E-state index contributed by atoms with van der Waals surface area (Å²) in [7, 11) is 5.47. The minimum atomic E-state index is -0.166. The van der Waals surface area contributed by atoms with Gasteiger partial charge in [0.1, 0.15) is 12.7 Å². The molecule has 1 fully saturated rings. The molecule has 1 aromatic heterocycles. The molecule has 1 aromatic rings. The van der Waals surface area contributed by atoms with Crippen LogP contribution in [0.5, 0.6) is 0 Å². The molecule has 0 N–H and O–H groups in total. The van der Waals surface area contributed by atoms with E-state index in [9.17, 15) is 4.79 Å². The van der Waals surface area contributed by atoms with Crippen LogP contribution in [0.1, 0.15) is 11.8 Å². The fourth-order valence-corrected chi connectivity index (χ4v) is 2.12. The van der Waals surface area contributed by atoms with Crippen LogP contribution in [0.15, 0.2) is 18.3 Å². The first-order valence-corrected chi connectivity index (χ1v) is 6.63. The van der Waals surface area contributed by atoms with E-state index in [1.807, 2.05) is 37.3 Å². The quantitative estimate of drug-likeness (QED) is 0.812. The normalized spacial score (nSPS) is 18.9. The molecule has 1 amide bonds. The number of morpholine rings is 1. The third-order valence-corrected chi connectivity index (χ3v) is 3.30. The van der Waals surface area contributed by atoms with Crippen molar-refractivity contribution in [1.82, 2.24) is 9.88 Å². The summed E-state index contributed by atoms with van der Waals surface area (Å²) < 4.78 is 10.6. The molecule has 1 aliphatic rings. The number of aromatic nitrogens is 1. The first-order valence-electron chi connectivity index (χ1n) is 6.63. The van der Waals surface area contributed by atoms with Crippen molar-refractivity contribution < 1.29 is 14.3 Å². The highest BCUT2D eigenvalue weighted by atomic mass is 16.5. The SMILES string of the molecule is COCC(=O)N1CCO[C@@H](c2ccc(N(C)C)cn2)C1. The van der Waals surface area contributed by atoms with Gasteiger partial charge in [0.25, 0.3) is 0 Å². The van der Waals surface area contributed by atoms with Crippen LogP contribution >= 0.6 is 0 Å². The fraction of sp³-hybridized carbons (Fsp3) is 0.571. The Kier molecular flexibility index (Phi) is 4.92. The van der Waals surface area contributed by atoms with Gasteiger partial charge in [-0.1, -0.05) is 0 Å². The van der Waals surface area contributed by atoms with Crippen molar-refractivity contribution in [3.63, 3.8) is 0 Å². The second-order valence-corrected chi connectivity index (χ2v) is 4.97. The monoisotopic (exact) mass is 279 g/mol. The van der Waals surface area contributed by atoms with Gasteiger partial charge in [-0.25, -0.2) is 0 Å². The van der Waals surface area contributed by atoms with Gasteiger partial charge in [-0.3, -0.25) is 9.78 Å². The zero-order chi connectivity index (χ0) is 14.5. The van der Waals surface area contributed by atoms with E-state index >= 15 is 0 Å². The average molecular weight is 279 g/mol. The largest absolute Gasteiger partial charge is 0.376 e.